The van der Waals surface area contributed by atoms with Crippen LogP contribution in [0, 0.1) is 5.92 Å². The van der Waals surface area contributed by atoms with Crippen LogP contribution in [0.1, 0.15) is 12.5 Å². The van der Waals surface area contributed by atoms with E-state index in [-0.39, 0.29) is 0 Å². The third kappa shape index (κ3) is 5.10. The van der Waals surface area contributed by atoms with E-state index in [1.54, 1.807) is 24.3 Å². The number of aryl methyl sites for hydroxylation is 1. The molecule has 0 saturated heterocycles. The van der Waals surface area contributed by atoms with Crippen LogP contribution in [-0.4, -0.2) is 29.3 Å². The van der Waals surface area contributed by atoms with Crippen molar-refractivity contribution in [1.29, 1.82) is 0 Å². The van der Waals surface area contributed by atoms with E-state index in [1.165, 1.54) is 0 Å². The maximum absolute atomic E-state index is 12.4. The van der Waals surface area contributed by atoms with Gasteiger partial charge in [0.05, 0.1) is 6.10 Å². The normalized spacial score (nSPS) is 14.5. The molecule has 0 aliphatic rings. The van der Waals surface area contributed by atoms with E-state index in [9.17, 15) is 31.4 Å². The van der Waals surface area contributed by atoms with Crippen molar-refractivity contribution < 1.29 is 31.4 Å². The van der Waals surface area contributed by atoms with Crippen LogP contribution in [-0.2, 0) is 6.42 Å². The number of aliphatic hydroxyl groups is 1. The molecule has 1 nitrogen and oxygen atoms in total. The van der Waals surface area contributed by atoms with Crippen LogP contribution >= 0.6 is 11.8 Å². The molecule has 0 aliphatic heterocycles. The number of thioether (sulfide) groups is 1. The molecule has 0 radical (unpaired) electrons. The number of alkyl halides is 6. The van der Waals surface area contributed by atoms with Crippen molar-refractivity contribution in [3.63, 3.8) is 0 Å². The van der Waals surface area contributed by atoms with E-state index < -0.39 is 30.1 Å². The Hall–Kier alpha value is -0.890. The van der Waals surface area contributed by atoms with Gasteiger partial charge in [-0.05, 0) is 18.1 Å². The van der Waals surface area contributed by atoms with Crippen LogP contribution in [0.5, 0.6) is 0 Å². The van der Waals surface area contributed by atoms with Gasteiger partial charge in [-0.25, -0.2) is 0 Å². The SMILES string of the molecule is CCc1ccccc1SCC(O)C(C(F)(F)F)C(F)(F)F. The molecule has 0 fully saturated rings. The van der Waals surface area contributed by atoms with Crippen molar-refractivity contribution in [1.82, 2.24) is 0 Å². The molecule has 1 aromatic carbocycles. The lowest BCUT2D eigenvalue weighted by atomic mass is 10.0. The molecule has 8 heteroatoms. The Kier molecular flexibility index (Phi) is 5.98. The molecule has 0 heterocycles. The van der Waals surface area contributed by atoms with Crippen molar-refractivity contribution in [3.8, 4) is 0 Å². The van der Waals surface area contributed by atoms with E-state index >= 15 is 0 Å². The molecule has 0 bridgehead atoms. The lowest BCUT2D eigenvalue weighted by Gasteiger charge is -2.27. The average molecular weight is 332 g/mol. The third-order valence-corrected chi connectivity index (χ3v) is 4.07. The standard InChI is InChI=1S/C13H14F6OS/c1-2-8-5-3-4-6-10(8)21-7-9(20)11(12(14,15)16)13(17,18)19/h3-6,9,11,20H,2,7H2,1H3. The fourth-order valence-electron chi connectivity index (χ4n) is 1.83. The Morgan fingerprint density at radius 1 is 1.05 bits per heavy atom. The van der Waals surface area contributed by atoms with Gasteiger partial charge in [0.25, 0.3) is 0 Å². The van der Waals surface area contributed by atoms with Gasteiger partial charge < -0.3 is 5.11 Å². The Labute approximate surface area is 122 Å². The second-order valence-electron chi connectivity index (χ2n) is 4.40. The predicted molar refractivity (Wildman–Crippen MR) is 68.2 cm³/mol. The second kappa shape index (κ2) is 6.91. The highest BCUT2D eigenvalue weighted by Crippen LogP contribution is 2.42. The van der Waals surface area contributed by atoms with E-state index in [0.29, 0.717) is 11.3 Å². The van der Waals surface area contributed by atoms with Crippen LogP contribution < -0.4 is 0 Å². The molecule has 1 aromatic rings. The number of rotatable bonds is 5. The summed E-state index contributed by atoms with van der Waals surface area (Å²) in [6.45, 7) is 1.82. The first-order chi connectivity index (χ1) is 9.57. The van der Waals surface area contributed by atoms with Gasteiger partial charge in [-0.2, -0.15) is 26.3 Å². The smallest absolute Gasteiger partial charge is 0.391 e. The van der Waals surface area contributed by atoms with Gasteiger partial charge >= 0.3 is 12.4 Å². The van der Waals surface area contributed by atoms with E-state index in [2.05, 4.69) is 0 Å². The lowest BCUT2D eigenvalue weighted by molar-refractivity contribution is -0.303. The van der Waals surface area contributed by atoms with Crippen molar-refractivity contribution in [2.24, 2.45) is 5.92 Å². The fourth-order valence-corrected chi connectivity index (χ4v) is 2.95. The molecule has 0 spiro atoms. The van der Waals surface area contributed by atoms with Crippen LogP contribution in [0.3, 0.4) is 0 Å². The third-order valence-electron chi connectivity index (χ3n) is 2.85. The molecular weight excluding hydrogens is 318 g/mol. The van der Waals surface area contributed by atoms with Crippen LogP contribution in [0.2, 0.25) is 0 Å². The molecular formula is C13H14F6OS. The summed E-state index contributed by atoms with van der Waals surface area (Å²) in [7, 11) is 0. The largest absolute Gasteiger partial charge is 0.403 e. The highest BCUT2D eigenvalue weighted by atomic mass is 32.2. The minimum absolute atomic E-state index is 0.571. The van der Waals surface area contributed by atoms with Crippen molar-refractivity contribution >= 4 is 11.8 Å². The number of hydrogen-bond donors (Lipinski definition) is 1. The van der Waals surface area contributed by atoms with E-state index in [0.717, 1.165) is 17.3 Å². The monoisotopic (exact) mass is 332 g/mol. The van der Waals surface area contributed by atoms with E-state index in [4.69, 9.17) is 0 Å². The second-order valence-corrected chi connectivity index (χ2v) is 5.46. The fraction of sp³-hybridized carbons (Fsp3) is 0.538. The maximum Gasteiger partial charge on any atom is 0.403 e. The summed E-state index contributed by atoms with van der Waals surface area (Å²) in [5.41, 5.74) is 0.810. The van der Waals surface area contributed by atoms with Gasteiger partial charge in [-0.3, -0.25) is 0 Å². The highest BCUT2D eigenvalue weighted by Gasteiger charge is 2.59. The van der Waals surface area contributed by atoms with Crippen LogP contribution in [0.4, 0.5) is 26.3 Å². The molecule has 1 atom stereocenters. The minimum Gasteiger partial charge on any atom is -0.391 e. The molecule has 0 aliphatic carbocycles. The summed E-state index contributed by atoms with van der Waals surface area (Å²) in [5.74, 6) is -4.41. The topological polar surface area (TPSA) is 20.2 Å². The zero-order valence-corrected chi connectivity index (χ0v) is 11.8. The summed E-state index contributed by atoms with van der Waals surface area (Å²) in [4.78, 5) is 0.571. The van der Waals surface area contributed by atoms with Crippen molar-refractivity contribution in [2.75, 3.05) is 5.75 Å². The van der Waals surface area contributed by atoms with Crippen LogP contribution in [0.15, 0.2) is 29.2 Å². The number of benzene rings is 1. The highest BCUT2D eigenvalue weighted by molar-refractivity contribution is 7.99. The molecule has 0 saturated carbocycles. The van der Waals surface area contributed by atoms with Gasteiger partial charge in [0.1, 0.15) is 0 Å². The summed E-state index contributed by atoms with van der Waals surface area (Å²) >= 11 is 0.790. The first-order valence-corrected chi connectivity index (χ1v) is 7.08. The molecule has 120 valence electrons. The number of aliphatic hydroxyl groups excluding tert-OH is 1. The summed E-state index contributed by atoms with van der Waals surface area (Å²) in [6, 6.07) is 6.71. The first kappa shape index (κ1) is 18.2. The maximum atomic E-state index is 12.4. The van der Waals surface area contributed by atoms with Gasteiger partial charge in [0.2, 0.25) is 0 Å². The van der Waals surface area contributed by atoms with Crippen molar-refractivity contribution in [2.45, 2.75) is 36.7 Å². The van der Waals surface area contributed by atoms with Gasteiger partial charge in [-0.15, -0.1) is 11.8 Å². The summed E-state index contributed by atoms with van der Waals surface area (Å²) < 4.78 is 74.7. The van der Waals surface area contributed by atoms with Gasteiger partial charge in [0.15, 0.2) is 5.92 Å². The molecule has 21 heavy (non-hydrogen) atoms. The predicted octanol–water partition coefficient (Wildman–Crippen LogP) is 4.44. The molecule has 1 rings (SSSR count). The summed E-state index contributed by atoms with van der Waals surface area (Å²) in [5, 5.41) is 9.34. The van der Waals surface area contributed by atoms with E-state index in [1.807, 2.05) is 6.92 Å². The minimum atomic E-state index is -5.53. The summed E-state index contributed by atoms with van der Waals surface area (Å²) in [6.07, 6.45) is -13.0. The molecule has 1 unspecified atom stereocenters. The first-order valence-electron chi connectivity index (χ1n) is 6.09. The van der Waals surface area contributed by atoms with Crippen molar-refractivity contribution in [3.05, 3.63) is 29.8 Å². The number of hydrogen-bond acceptors (Lipinski definition) is 2. The average Bonchev–Trinajstić information content (AvgIpc) is 2.33. The number of halogens is 6. The quantitative estimate of drug-likeness (QED) is 0.635. The Morgan fingerprint density at radius 3 is 2.05 bits per heavy atom. The Morgan fingerprint density at radius 2 is 1.57 bits per heavy atom. The zero-order chi connectivity index (χ0) is 16.3. The Bertz CT molecular complexity index is 443. The zero-order valence-electron chi connectivity index (χ0n) is 11.0. The molecule has 0 aromatic heterocycles. The Balaban J connectivity index is 2.81. The lowest BCUT2D eigenvalue weighted by Crippen LogP contribution is -2.45. The molecule has 0 amide bonds. The van der Waals surface area contributed by atoms with Gasteiger partial charge in [0, 0.05) is 10.6 Å². The molecule has 1 N–H and O–H groups in total. The van der Waals surface area contributed by atoms with Crippen LogP contribution in [0.25, 0.3) is 0 Å². The van der Waals surface area contributed by atoms with Gasteiger partial charge in [-0.1, -0.05) is 25.1 Å².